The molecule has 29 heavy (non-hydrogen) atoms. The van der Waals surface area contributed by atoms with E-state index in [2.05, 4.69) is 10.9 Å². The third kappa shape index (κ3) is 3.97. The minimum absolute atomic E-state index is 0.115. The largest absolute Gasteiger partial charge is 0.489 e. The number of anilines is 1. The highest BCUT2D eigenvalue weighted by Crippen LogP contribution is 2.33. The van der Waals surface area contributed by atoms with Crippen molar-refractivity contribution in [2.45, 2.75) is 12.6 Å². The fraction of sp³-hybridized carbons (Fsp3) is 0.130. The van der Waals surface area contributed by atoms with Crippen molar-refractivity contribution >= 4 is 17.5 Å². The van der Waals surface area contributed by atoms with Crippen molar-refractivity contribution in [1.29, 1.82) is 0 Å². The minimum Gasteiger partial charge on any atom is -0.489 e. The summed E-state index contributed by atoms with van der Waals surface area (Å²) in [6, 6.07) is 23.7. The van der Waals surface area contributed by atoms with Crippen LogP contribution in [0.2, 0.25) is 0 Å². The molecule has 4 rings (SSSR count). The summed E-state index contributed by atoms with van der Waals surface area (Å²) in [5.41, 5.74) is 8.71. The number of rotatable bonds is 6. The lowest BCUT2D eigenvalue weighted by Crippen LogP contribution is -2.43. The van der Waals surface area contributed by atoms with E-state index in [0.717, 1.165) is 16.8 Å². The van der Waals surface area contributed by atoms with Gasteiger partial charge in [0.25, 0.3) is 5.91 Å². The van der Waals surface area contributed by atoms with Crippen molar-refractivity contribution in [3.63, 3.8) is 0 Å². The van der Waals surface area contributed by atoms with Gasteiger partial charge in [0.2, 0.25) is 5.91 Å². The summed E-state index contributed by atoms with van der Waals surface area (Å²) < 4.78 is 5.74. The molecule has 3 aromatic rings. The fourth-order valence-corrected chi connectivity index (χ4v) is 3.28. The third-order valence-corrected chi connectivity index (χ3v) is 4.88. The van der Waals surface area contributed by atoms with Crippen LogP contribution < -0.4 is 20.5 Å². The molecule has 0 saturated carbocycles. The van der Waals surface area contributed by atoms with Crippen LogP contribution in [-0.4, -0.2) is 18.9 Å². The van der Waals surface area contributed by atoms with Crippen LogP contribution in [0.1, 0.15) is 27.5 Å². The van der Waals surface area contributed by atoms with Gasteiger partial charge in [0.05, 0.1) is 0 Å². The molecule has 0 aromatic heterocycles. The van der Waals surface area contributed by atoms with Gasteiger partial charge in [0, 0.05) is 23.9 Å². The lowest BCUT2D eigenvalue weighted by atomic mass is 10.1. The maximum atomic E-state index is 12.5. The number of benzene rings is 3. The molecular weight excluding hydrogens is 366 g/mol. The Morgan fingerprint density at radius 3 is 2.41 bits per heavy atom. The van der Waals surface area contributed by atoms with Crippen molar-refractivity contribution < 1.29 is 14.3 Å². The zero-order chi connectivity index (χ0) is 20.2. The normalized spacial score (nSPS) is 15.1. The molecule has 3 aromatic carbocycles. The first kappa shape index (κ1) is 18.7. The number of ether oxygens (including phenoxy) is 1. The summed E-state index contributed by atoms with van der Waals surface area (Å²) in [5, 5.41) is 0. The Balaban J connectivity index is 1.35. The molecule has 0 saturated heterocycles. The van der Waals surface area contributed by atoms with Gasteiger partial charge in [-0.25, -0.2) is 5.43 Å². The number of nitrogens with zero attached hydrogens (tertiary/aromatic N) is 1. The monoisotopic (exact) mass is 387 g/mol. The van der Waals surface area contributed by atoms with E-state index >= 15 is 0 Å². The predicted octanol–water partition coefficient (Wildman–Crippen LogP) is 3.22. The summed E-state index contributed by atoms with van der Waals surface area (Å²) in [4.78, 5) is 26.5. The number of hydrogen-bond acceptors (Lipinski definition) is 4. The molecule has 1 atom stereocenters. The molecule has 1 heterocycles. The van der Waals surface area contributed by atoms with Gasteiger partial charge in [0.1, 0.15) is 18.4 Å². The second-order valence-corrected chi connectivity index (χ2v) is 6.79. The number of carbonyl (C=O) groups excluding carboxylic acids is 2. The van der Waals surface area contributed by atoms with Crippen LogP contribution in [0.4, 0.5) is 5.69 Å². The lowest BCUT2D eigenvalue weighted by Gasteiger charge is -2.14. The van der Waals surface area contributed by atoms with E-state index in [4.69, 9.17) is 4.74 Å². The molecule has 1 unspecified atom stereocenters. The minimum atomic E-state index is -0.603. The molecule has 0 bridgehead atoms. The standard InChI is InChI=1S/C23H21N3O3/c1-26-20-10-6-5-9-19(20)21(23(26)28)24-25-22(27)17-11-13-18(14-12-17)29-15-16-7-3-2-4-8-16/h2-14,21,24H,15H2,1H3,(H,25,27). The van der Waals surface area contributed by atoms with E-state index in [1.807, 2.05) is 54.6 Å². The first-order valence-electron chi connectivity index (χ1n) is 9.32. The fourth-order valence-electron chi connectivity index (χ4n) is 3.28. The summed E-state index contributed by atoms with van der Waals surface area (Å²) in [7, 11) is 1.72. The van der Waals surface area contributed by atoms with Crippen molar-refractivity contribution in [3.05, 3.63) is 95.6 Å². The molecule has 0 aliphatic carbocycles. The van der Waals surface area contributed by atoms with Crippen molar-refractivity contribution in [2.75, 3.05) is 11.9 Å². The Kier molecular flexibility index (Phi) is 5.27. The van der Waals surface area contributed by atoms with Gasteiger partial charge >= 0.3 is 0 Å². The smallest absolute Gasteiger partial charge is 0.265 e. The first-order chi connectivity index (χ1) is 14.1. The summed E-state index contributed by atoms with van der Waals surface area (Å²) >= 11 is 0. The van der Waals surface area contributed by atoms with Crippen LogP contribution in [0, 0.1) is 0 Å². The van der Waals surface area contributed by atoms with Crippen molar-refractivity contribution in [2.24, 2.45) is 0 Å². The maximum Gasteiger partial charge on any atom is 0.265 e. The predicted molar refractivity (Wildman–Crippen MR) is 110 cm³/mol. The molecule has 6 nitrogen and oxygen atoms in total. The number of para-hydroxylation sites is 1. The molecule has 1 aliphatic rings. The van der Waals surface area contributed by atoms with Gasteiger partial charge in [-0.1, -0.05) is 48.5 Å². The zero-order valence-electron chi connectivity index (χ0n) is 16.0. The van der Waals surface area contributed by atoms with Crippen LogP contribution >= 0.6 is 0 Å². The van der Waals surface area contributed by atoms with Crippen LogP contribution in [0.15, 0.2) is 78.9 Å². The Morgan fingerprint density at radius 1 is 0.966 bits per heavy atom. The zero-order valence-corrected chi connectivity index (χ0v) is 16.0. The topological polar surface area (TPSA) is 70.7 Å². The van der Waals surface area contributed by atoms with Crippen LogP contribution in [0.5, 0.6) is 5.75 Å². The number of carbonyl (C=O) groups is 2. The third-order valence-electron chi connectivity index (χ3n) is 4.88. The number of amides is 2. The van der Waals surface area contributed by atoms with Gasteiger partial charge in [-0.2, -0.15) is 0 Å². The highest BCUT2D eigenvalue weighted by molar-refractivity contribution is 6.04. The lowest BCUT2D eigenvalue weighted by molar-refractivity contribution is -0.119. The number of fused-ring (bicyclic) bond motifs is 1. The highest BCUT2D eigenvalue weighted by Gasteiger charge is 2.34. The summed E-state index contributed by atoms with van der Waals surface area (Å²) in [6.45, 7) is 0.463. The van der Waals surface area contributed by atoms with E-state index in [-0.39, 0.29) is 11.8 Å². The molecule has 1 aliphatic heterocycles. The second-order valence-electron chi connectivity index (χ2n) is 6.79. The molecule has 146 valence electrons. The van der Waals surface area contributed by atoms with Crippen LogP contribution in [0.3, 0.4) is 0 Å². The summed E-state index contributed by atoms with van der Waals surface area (Å²) in [6.07, 6.45) is 0. The highest BCUT2D eigenvalue weighted by atomic mass is 16.5. The van der Waals surface area contributed by atoms with E-state index in [1.165, 1.54) is 0 Å². The van der Waals surface area contributed by atoms with E-state index in [0.29, 0.717) is 17.9 Å². The van der Waals surface area contributed by atoms with Crippen molar-refractivity contribution in [3.8, 4) is 5.75 Å². The van der Waals surface area contributed by atoms with Crippen LogP contribution in [0.25, 0.3) is 0 Å². The van der Waals surface area contributed by atoms with Gasteiger partial charge in [-0.05, 0) is 35.9 Å². The van der Waals surface area contributed by atoms with Gasteiger partial charge in [-0.3, -0.25) is 15.0 Å². The SMILES string of the molecule is CN1C(=O)C(NNC(=O)c2ccc(OCc3ccccc3)cc2)c2ccccc21. The molecule has 0 spiro atoms. The number of hydrazine groups is 1. The van der Waals surface area contributed by atoms with E-state index in [1.54, 1.807) is 36.2 Å². The van der Waals surface area contributed by atoms with Gasteiger partial charge in [0.15, 0.2) is 0 Å². The van der Waals surface area contributed by atoms with E-state index < -0.39 is 6.04 Å². The van der Waals surface area contributed by atoms with E-state index in [9.17, 15) is 9.59 Å². The Hall–Kier alpha value is -3.64. The van der Waals surface area contributed by atoms with Crippen LogP contribution in [-0.2, 0) is 11.4 Å². The molecule has 2 N–H and O–H groups in total. The number of likely N-dealkylation sites (N-methyl/N-ethyl adjacent to an activating group) is 1. The second kappa shape index (κ2) is 8.16. The average Bonchev–Trinajstić information content (AvgIpc) is 3.02. The molecule has 0 fully saturated rings. The quantitative estimate of drug-likeness (QED) is 0.637. The summed E-state index contributed by atoms with van der Waals surface area (Å²) in [5.74, 6) is 0.246. The van der Waals surface area contributed by atoms with Crippen molar-refractivity contribution in [1.82, 2.24) is 10.9 Å². The number of hydrogen-bond donors (Lipinski definition) is 2. The first-order valence-corrected chi connectivity index (χ1v) is 9.32. The Bertz CT molecular complexity index is 1020. The molecular formula is C23H21N3O3. The van der Waals surface area contributed by atoms with Gasteiger partial charge < -0.3 is 9.64 Å². The molecule has 2 amide bonds. The Labute approximate surface area is 169 Å². The Morgan fingerprint density at radius 2 is 1.66 bits per heavy atom. The molecule has 0 radical (unpaired) electrons. The average molecular weight is 387 g/mol. The number of nitrogens with one attached hydrogen (secondary N) is 2. The molecule has 6 heteroatoms. The maximum absolute atomic E-state index is 12.5. The van der Waals surface area contributed by atoms with Gasteiger partial charge in [-0.15, -0.1) is 0 Å².